The van der Waals surface area contributed by atoms with Crippen LogP contribution in [0.25, 0.3) is 0 Å². The summed E-state index contributed by atoms with van der Waals surface area (Å²) in [5, 5.41) is 3.32. The number of rotatable bonds is 7. The van der Waals surface area contributed by atoms with E-state index in [2.05, 4.69) is 20.1 Å². The van der Waals surface area contributed by atoms with Gasteiger partial charge >= 0.3 is 0 Å². The first kappa shape index (κ1) is 24.0. The molecule has 3 atom stereocenters. The van der Waals surface area contributed by atoms with E-state index in [0.717, 1.165) is 87.2 Å². The van der Waals surface area contributed by atoms with Crippen LogP contribution in [-0.4, -0.2) is 59.3 Å². The van der Waals surface area contributed by atoms with Gasteiger partial charge in [-0.2, -0.15) is 0 Å². The van der Waals surface area contributed by atoms with Crippen molar-refractivity contribution >= 4 is 11.8 Å². The fourth-order valence-corrected chi connectivity index (χ4v) is 6.41. The van der Waals surface area contributed by atoms with Gasteiger partial charge in [0.25, 0.3) is 5.91 Å². The van der Waals surface area contributed by atoms with Gasteiger partial charge in [-0.3, -0.25) is 14.6 Å². The lowest BCUT2D eigenvalue weighted by atomic mass is 10.0. The number of nitrogens with one attached hydrogen (secondary N) is 1. The smallest absolute Gasteiger partial charge is 0.254 e. The van der Waals surface area contributed by atoms with Gasteiger partial charge in [0, 0.05) is 50.4 Å². The van der Waals surface area contributed by atoms with Crippen LogP contribution < -0.4 is 5.32 Å². The van der Waals surface area contributed by atoms with Crippen LogP contribution in [0.3, 0.4) is 0 Å². The van der Waals surface area contributed by atoms with Gasteiger partial charge in [-0.05, 0) is 68.2 Å². The molecular weight excluding hydrogens is 436 g/mol. The van der Waals surface area contributed by atoms with Crippen LogP contribution >= 0.6 is 0 Å². The van der Waals surface area contributed by atoms with Crippen molar-refractivity contribution in [3.8, 4) is 0 Å². The average Bonchev–Trinajstić information content (AvgIpc) is 3.59. The molecule has 0 spiro atoms. The molecule has 2 aliphatic heterocycles. The summed E-state index contributed by atoms with van der Waals surface area (Å²) in [4.78, 5) is 35.3. The zero-order valence-corrected chi connectivity index (χ0v) is 21.1. The SMILES string of the molecule is Cc1cccc(C)c1C(=O)N1CC2CN(CC[C@H](NC(=O)C3CCCC3)c3ccccn3)CC2C1. The predicted molar refractivity (Wildman–Crippen MR) is 137 cm³/mol. The number of aryl methyl sites for hydroxylation is 2. The minimum Gasteiger partial charge on any atom is -0.347 e. The number of hydrogen-bond acceptors (Lipinski definition) is 4. The first-order chi connectivity index (χ1) is 17.0. The van der Waals surface area contributed by atoms with Crippen LogP contribution in [0.15, 0.2) is 42.6 Å². The molecule has 6 heteroatoms. The van der Waals surface area contributed by atoms with E-state index in [1.807, 2.05) is 56.4 Å². The fourth-order valence-electron chi connectivity index (χ4n) is 6.41. The largest absolute Gasteiger partial charge is 0.347 e. The molecule has 3 aliphatic rings. The Bertz CT molecular complexity index is 1020. The number of nitrogens with zero attached hydrogens (tertiary/aromatic N) is 3. The zero-order valence-electron chi connectivity index (χ0n) is 21.1. The molecule has 5 rings (SSSR count). The Morgan fingerprint density at radius 2 is 1.66 bits per heavy atom. The van der Waals surface area contributed by atoms with Crippen LogP contribution in [0.2, 0.25) is 0 Å². The van der Waals surface area contributed by atoms with Gasteiger partial charge in [-0.25, -0.2) is 0 Å². The van der Waals surface area contributed by atoms with Gasteiger partial charge in [0.15, 0.2) is 0 Å². The van der Waals surface area contributed by atoms with Gasteiger partial charge in [0.05, 0.1) is 11.7 Å². The topological polar surface area (TPSA) is 65.5 Å². The second-order valence-electron chi connectivity index (χ2n) is 10.8. The normalized spacial score (nSPS) is 23.4. The Hall–Kier alpha value is -2.73. The highest BCUT2D eigenvalue weighted by atomic mass is 16.2. The van der Waals surface area contributed by atoms with E-state index in [-0.39, 0.29) is 23.8 Å². The highest BCUT2D eigenvalue weighted by Crippen LogP contribution is 2.33. The predicted octanol–water partition coefficient (Wildman–Crippen LogP) is 4.14. The molecule has 0 bridgehead atoms. The summed E-state index contributed by atoms with van der Waals surface area (Å²) in [7, 11) is 0. The van der Waals surface area contributed by atoms with Gasteiger partial charge < -0.3 is 15.1 Å². The summed E-state index contributed by atoms with van der Waals surface area (Å²) in [6, 6.07) is 12.0. The molecule has 3 heterocycles. The maximum Gasteiger partial charge on any atom is 0.254 e. The molecule has 0 radical (unpaired) electrons. The average molecular weight is 475 g/mol. The number of benzene rings is 1. The van der Waals surface area contributed by atoms with Gasteiger partial charge in [-0.15, -0.1) is 0 Å². The summed E-state index contributed by atoms with van der Waals surface area (Å²) < 4.78 is 0. The van der Waals surface area contributed by atoms with Gasteiger partial charge in [0.1, 0.15) is 0 Å². The summed E-state index contributed by atoms with van der Waals surface area (Å²) in [5.74, 6) is 1.60. The molecule has 1 aromatic heterocycles. The van der Waals surface area contributed by atoms with Crippen LogP contribution in [-0.2, 0) is 4.79 Å². The highest BCUT2D eigenvalue weighted by molar-refractivity contribution is 5.97. The van der Waals surface area contributed by atoms with Gasteiger partial charge in [0.2, 0.25) is 5.91 Å². The van der Waals surface area contributed by atoms with E-state index in [1.165, 1.54) is 0 Å². The first-order valence-electron chi connectivity index (χ1n) is 13.3. The number of hydrogen-bond donors (Lipinski definition) is 1. The number of pyridine rings is 1. The molecule has 3 fully saturated rings. The lowest BCUT2D eigenvalue weighted by molar-refractivity contribution is -0.125. The summed E-state index contributed by atoms with van der Waals surface area (Å²) >= 11 is 0. The van der Waals surface area contributed by atoms with Crippen molar-refractivity contribution in [1.29, 1.82) is 0 Å². The molecule has 1 aromatic carbocycles. The van der Waals surface area contributed by atoms with E-state index >= 15 is 0 Å². The van der Waals surface area contributed by atoms with E-state index in [9.17, 15) is 9.59 Å². The monoisotopic (exact) mass is 474 g/mol. The second-order valence-corrected chi connectivity index (χ2v) is 10.8. The Morgan fingerprint density at radius 1 is 0.971 bits per heavy atom. The van der Waals surface area contributed by atoms with Crippen molar-refractivity contribution in [1.82, 2.24) is 20.1 Å². The quantitative estimate of drug-likeness (QED) is 0.655. The third-order valence-corrected chi connectivity index (χ3v) is 8.37. The molecular formula is C29H38N4O2. The van der Waals surface area contributed by atoms with E-state index < -0.39 is 0 Å². The lowest BCUT2D eigenvalue weighted by Gasteiger charge is -2.25. The van der Waals surface area contributed by atoms with Crippen molar-refractivity contribution in [3.63, 3.8) is 0 Å². The molecule has 1 aliphatic carbocycles. The molecule has 6 nitrogen and oxygen atoms in total. The van der Waals surface area contributed by atoms with E-state index in [1.54, 1.807) is 0 Å². The Labute approximate surface area is 209 Å². The number of likely N-dealkylation sites (tertiary alicyclic amines) is 2. The molecule has 2 unspecified atom stereocenters. The zero-order chi connectivity index (χ0) is 24.4. The third kappa shape index (κ3) is 5.27. The van der Waals surface area contributed by atoms with Crippen LogP contribution in [0.1, 0.15) is 65.3 Å². The van der Waals surface area contributed by atoms with Crippen LogP contribution in [0.5, 0.6) is 0 Å². The standard InChI is InChI=1S/C29H38N4O2/c1-20-8-7-9-21(2)27(20)29(35)33-18-23-16-32(17-24(23)19-33)15-13-26(25-12-5-6-14-30-25)31-28(34)22-10-3-4-11-22/h5-9,12,14,22-24,26H,3-4,10-11,13,15-19H2,1-2H3,(H,31,34)/t23?,24?,26-/m0/s1. The van der Waals surface area contributed by atoms with E-state index in [4.69, 9.17) is 0 Å². The number of carbonyl (C=O) groups excluding carboxylic acids is 2. The minimum atomic E-state index is -0.0492. The molecule has 2 amide bonds. The van der Waals surface area contributed by atoms with Crippen molar-refractivity contribution in [2.45, 2.75) is 52.0 Å². The lowest BCUT2D eigenvalue weighted by Crippen LogP contribution is -2.37. The fraction of sp³-hybridized carbons (Fsp3) is 0.552. The molecule has 1 N–H and O–H groups in total. The summed E-state index contributed by atoms with van der Waals surface area (Å²) in [6.07, 6.45) is 7.00. The van der Waals surface area contributed by atoms with Crippen molar-refractivity contribution in [2.24, 2.45) is 17.8 Å². The Balaban J connectivity index is 1.17. The Morgan fingerprint density at radius 3 is 2.29 bits per heavy atom. The number of fused-ring (bicyclic) bond motifs is 1. The van der Waals surface area contributed by atoms with Crippen molar-refractivity contribution in [2.75, 3.05) is 32.7 Å². The second kappa shape index (κ2) is 10.5. The maximum atomic E-state index is 13.3. The van der Waals surface area contributed by atoms with Crippen LogP contribution in [0.4, 0.5) is 0 Å². The van der Waals surface area contributed by atoms with E-state index in [0.29, 0.717) is 11.8 Å². The van der Waals surface area contributed by atoms with Crippen LogP contribution in [0, 0.1) is 31.6 Å². The van der Waals surface area contributed by atoms with Crippen molar-refractivity contribution in [3.05, 3.63) is 65.0 Å². The summed E-state index contributed by atoms with van der Waals surface area (Å²) in [6.45, 7) is 8.72. The number of aromatic nitrogens is 1. The molecule has 186 valence electrons. The Kier molecular flexibility index (Phi) is 7.19. The molecule has 35 heavy (non-hydrogen) atoms. The van der Waals surface area contributed by atoms with Gasteiger partial charge in [-0.1, -0.05) is 37.1 Å². The number of carbonyl (C=O) groups is 2. The minimum absolute atomic E-state index is 0.0492. The highest BCUT2D eigenvalue weighted by Gasteiger charge is 2.42. The third-order valence-electron chi connectivity index (χ3n) is 8.37. The van der Waals surface area contributed by atoms with Crippen molar-refractivity contribution < 1.29 is 9.59 Å². The molecule has 2 saturated heterocycles. The first-order valence-corrected chi connectivity index (χ1v) is 13.3. The maximum absolute atomic E-state index is 13.3. The molecule has 1 saturated carbocycles. The number of amides is 2. The summed E-state index contributed by atoms with van der Waals surface area (Å²) in [5.41, 5.74) is 3.95. The molecule has 2 aromatic rings.